The molecule has 0 spiro atoms. The van der Waals surface area contributed by atoms with Crippen molar-refractivity contribution in [1.29, 1.82) is 0 Å². The average molecular weight is 748 g/mol. The van der Waals surface area contributed by atoms with Gasteiger partial charge in [-0.3, -0.25) is 0 Å². The van der Waals surface area contributed by atoms with Crippen LogP contribution in [0.25, 0.3) is 53.6 Å². The van der Waals surface area contributed by atoms with Gasteiger partial charge in [-0.05, 0) is 104 Å². The summed E-state index contributed by atoms with van der Waals surface area (Å²) in [7, 11) is 0. The normalized spacial score (nSPS) is 13.7. The Labute approximate surface area is 343 Å². The maximum absolute atomic E-state index is 9.77. The molecule has 0 saturated carbocycles. The Morgan fingerprint density at radius 3 is 1.61 bits per heavy atom. The van der Waals surface area contributed by atoms with E-state index >= 15 is 0 Å². The van der Waals surface area contributed by atoms with Crippen molar-refractivity contribution in [3.63, 3.8) is 0 Å². The second-order valence-electron chi connectivity index (χ2n) is 14.5. The lowest BCUT2D eigenvalue weighted by atomic mass is 9.67. The lowest BCUT2D eigenvalue weighted by Gasteiger charge is -2.35. The summed E-state index contributed by atoms with van der Waals surface area (Å²) in [6, 6.07) is 68.5. The van der Waals surface area contributed by atoms with Gasteiger partial charge in [-0.2, -0.15) is 0 Å². The molecule has 1 heterocycles. The zero-order valence-corrected chi connectivity index (χ0v) is 31.7. The molecule has 0 fully saturated rings. The minimum absolute atomic E-state index is 0.0907. The van der Waals surface area contributed by atoms with Gasteiger partial charge in [0.15, 0.2) is 0 Å². The van der Waals surface area contributed by atoms with Crippen LogP contribution in [-0.2, 0) is 5.41 Å². The van der Waals surface area contributed by atoms with E-state index in [9.17, 15) is 5.48 Å². The van der Waals surface area contributed by atoms with E-state index in [0.29, 0.717) is 5.56 Å². The van der Waals surface area contributed by atoms with Gasteiger partial charge in [-0.25, -0.2) is 0 Å². The van der Waals surface area contributed by atoms with Gasteiger partial charge in [0.25, 0.3) is 0 Å². The Balaban J connectivity index is 1.17. The molecule has 57 heavy (non-hydrogen) atoms. The molecule has 0 N–H and O–H groups in total. The maximum atomic E-state index is 9.77. The van der Waals surface area contributed by atoms with E-state index in [2.05, 4.69) is 140 Å². The number of anilines is 3. The van der Waals surface area contributed by atoms with E-state index in [4.69, 9.17) is 0 Å². The number of benzene rings is 9. The number of hydrogen-bond acceptors (Lipinski definition) is 2. The third-order valence-corrected chi connectivity index (χ3v) is 12.6. The lowest BCUT2D eigenvalue weighted by molar-refractivity contribution is 0.768. The van der Waals surface area contributed by atoms with Gasteiger partial charge in [0, 0.05) is 37.2 Å². The van der Waals surface area contributed by atoms with Gasteiger partial charge in [0.2, 0.25) is 0 Å². The van der Waals surface area contributed by atoms with E-state index < -0.39 is 5.41 Å². The quantitative estimate of drug-likeness (QED) is 0.157. The molecule has 2 heteroatoms. The predicted octanol–water partition coefficient (Wildman–Crippen LogP) is 15.2. The molecule has 268 valence electrons. The topological polar surface area (TPSA) is 3.24 Å². The van der Waals surface area contributed by atoms with E-state index in [0.717, 1.165) is 65.8 Å². The number of rotatable bonds is 7. The molecule has 0 atom stereocenters. The van der Waals surface area contributed by atoms with Crippen LogP contribution in [0.2, 0.25) is 0 Å². The molecular weight excluding hydrogens is 707 g/mol. The molecule has 1 aliphatic rings. The van der Waals surface area contributed by atoms with Gasteiger partial charge in [-0.15, -0.1) is 11.3 Å². The Bertz CT molecular complexity index is 3220. The highest BCUT2D eigenvalue weighted by Gasteiger charge is 2.46. The Kier molecular flexibility index (Phi) is 7.01. The molecule has 11 rings (SSSR count). The monoisotopic (exact) mass is 747 g/mol. The molecule has 0 radical (unpaired) electrons. The van der Waals surface area contributed by atoms with Crippen LogP contribution < -0.4 is 4.90 Å². The Hall–Kier alpha value is -7.00. The third kappa shape index (κ3) is 5.44. The highest BCUT2D eigenvalue weighted by atomic mass is 32.1. The summed E-state index contributed by atoms with van der Waals surface area (Å²) < 4.78 is 40.9. The van der Waals surface area contributed by atoms with Crippen LogP contribution in [0.5, 0.6) is 0 Å². The summed E-state index contributed by atoms with van der Waals surface area (Å²) >= 11 is 1.74. The van der Waals surface area contributed by atoms with Crippen molar-refractivity contribution < 1.29 is 5.48 Å². The van der Waals surface area contributed by atoms with Crippen LogP contribution in [0.15, 0.2) is 224 Å². The number of thiophene rings is 1. The fourth-order valence-corrected chi connectivity index (χ4v) is 9.94. The van der Waals surface area contributed by atoms with Crippen molar-refractivity contribution >= 4 is 48.6 Å². The average Bonchev–Trinajstić information content (AvgIpc) is 3.84. The molecule has 0 saturated heterocycles. The van der Waals surface area contributed by atoms with Crippen LogP contribution >= 0.6 is 11.3 Å². The van der Waals surface area contributed by atoms with E-state index in [1.807, 2.05) is 65.6 Å². The second kappa shape index (κ2) is 13.6. The van der Waals surface area contributed by atoms with Gasteiger partial charge < -0.3 is 4.90 Å². The van der Waals surface area contributed by atoms with Gasteiger partial charge in [-0.1, -0.05) is 176 Å². The number of fused-ring (bicyclic) bond motifs is 6. The molecule has 0 amide bonds. The van der Waals surface area contributed by atoms with Crippen molar-refractivity contribution in [1.82, 2.24) is 0 Å². The van der Waals surface area contributed by atoms with Crippen molar-refractivity contribution in [2.45, 2.75) is 5.41 Å². The summed E-state index contributed by atoms with van der Waals surface area (Å²) in [6.45, 7) is 0. The summed E-state index contributed by atoms with van der Waals surface area (Å²) in [5.41, 5.74) is 10.8. The van der Waals surface area contributed by atoms with E-state index in [1.165, 1.54) is 10.3 Å². The third-order valence-electron chi connectivity index (χ3n) is 11.4. The molecule has 0 aliphatic heterocycles. The van der Waals surface area contributed by atoms with Crippen LogP contribution in [0, 0.1) is 0 Å². The first-order valence-corrected chi connectivity index (χ1v) is 20.1. The summed E-state index contributed by atoms with van der Waals surface area (Å²) in [6.07, 6.45) is 0. The molecular formula is C55H37NS. The molecule has 0 bridgehead atoms. The molecule has 1 nitrogen and oxygen atoms in total. The second-order valence-corrected chi connectivity index (χ2v) is 15.6. The summed E-state index contributed by atoms with van der Waals surface area (Å²) in [4.78, 5) is 1.94. The highest BCUT2D eigenvalue weighted by molar-refractivity contribution is 7.25. The van der Waals surface area contributed by atoms with E-state index in [-0.39, 0.29) is 35.4 Å². The first-order chi connectivity index (χ1) is 29.9. The van der Waals surface area contributed by atoms with Crippen molar-refractivity contribution in [2.75, 3.05) is 4.90 Å². The molecule has 10 aromatic rings. The minimum Gasteiger partial charge on any atom is -0.310 e. The van der Waals surface area contributed by atoms with E-state index in [1.54, 1.807) is 11.3 Å². The SMILES string of the molecule is [2H]c1c([2H])c(N(c2ccc3c(c2)C(c2ccccc2)(c2ccccc2)c2ccccc2-3)c2ccc3sc4ccccc4c3c2)c([2H])c([2H])c1-c1ccc(-c2ccccc2)cc1. The fraction of sp³-hybridized carbons (Fsp3) is 0.0182. The smallest absolute Gasteiger partial charge is 0.0714 e. The molecule has 1 aliphatic carbocycles. The maximum Gasteiger partial charge on any atom is 0.0714 e. The molecule has 0 unspecified atom stereocenters. The molecule has 1 aromatic heterocycles. The van der Waals surface area contributed by atoms with Gasteiger partial charge in [0.1, 0.15) is 0 Å². The fourth-order valence-electron chi connectivity index (χ4n) is 8.85. The zero-order chi connectivity index (χ0) is 41.2. The van der Waals surface area contributed by atoms with Gasteiger partial charge in [0.05, 0.1) is 10.9 Å². The summed E-state index contributed by atoms with van der Waals surface area (Å²) in [5, 5.41) is 2.21. The van der Waals surface area contributed by atoms with Crippen molar-refractivity contribution in [3.05, 3.63) is 247 Å². The van der Waals surface area contributed by atoms with Crippen molar-refractivity contribution in [3.8, 4) is 33.4 Å². The highest BCUT2D eigenvalue weighted by Crippen LogP contribution is 2.57. The first-order valence-electron chi connectivity index (χ1n) is 21.3. The number of hydrogen-bond donors (Lipinski definition) is 0. The standard InChI is InChI=1S/C55H37NS/c1-4-14-38(15-5-1)39-24-26-40(27-25-39)41-28-30-44(31-29-41)56(45-33-35-54-50(36-45)49-21-11-13-23-53(49)57-54)46-32-34-48-47-20-10-12-22-51(47)55(52(48)37-46,42-16-6-2-7-17-42)43-18-8-3-9-19-43/h1-37H/i28D,29D,30D,31D. The van der Waals surface area contributed by atoms with Crippen LogP contribution in [0.3, 0.4) is 0 Å². The van der Waals surface area contributed by atoms with Crippen LogP contribution in [0.1, 0.15) is 27.7 Å². The largest absolute Gasteiger partial charge is 0.310 e. The first kappa shape index (κ1) is 29.3. The van der Waals surface area contributed by atoms with Crippen LogP contribution in [-0.4, -0.2) is 0 Å². The molecule has 9 aromatic carbocycles. The predicted molar refractivity (Wildman–Crippen MR) is 242 cm³/mol. The van der Waals surface area contributed by atoms with Crippen molar-refractivity contribution in [2.24, 2.45) is 0 Å². The minimum atomic E-state index is -0.672. The zero-order valence-electron chi connectivity index (χ0n) is 34.9. The summed E-state index contributed by atoms with van der Waals surface area (Å²) in [5.74, 6) is 0. The van der Waals surface area contributed by atoms with Crippen LogP contribution in [0.4, 0.5) is 17.1 Å². The van der Waals surface area contributed by atoms with Gasteiger partial charge >= 0.3 is 0 Å². The Morgan fingerprint density at radius 1 is 0.368 bits per heavy atom. The number of nitrogens with zero attached hydrogens (tertiary/aromatic N) is 1. The lowest BCUT2D eigenvalue weighted by Crippen LogP contribution is -2.28. The Morgan fingerprint density at radius 2 is 0.895 bits per heavy atom.